The summed E-state index contributed by atoms with van der Waals surface area (Å²) in [6.45, 7) is 26.2. The number of hydrogen-bond donors (Lipinski definition) is 3. The molecule has 0 bridgehead atoms. The second-order valence-electron chi connectivity index (χ2n) is 12.1. The number of alkyl halides is 1. The summed E-state index contributed by atoms with van der Waals surface area (Å²) in [6.07, 6.45) is 6.95. The summed E-state index contributed by atoms with van der Waals surface area (Å²) in [4.78, 5) is 23.9. The van der Waals surface area contributed by atoms with Crippen molar-refractivity contribution in [2.75, 3.05) is 86.7 Å². The molecule has 0 aromatic heterocycles. The van der Waals surface area contributed by atoms with Gasteiger partial charge in [0, 0.05) is 64.2 Å². The minimum atomic E-state index is 0.161. The Balaban J connectivity index is -0.000000737. The van der Waals surface area contributed by atoms with Crippen LogP contribution in [0.1, 0.15) is 74.1 Å². The number of nitrogens with zero attached hydrogens (tertiary/aromatic N) is 5. The van der Waals surface area contributed by atoms with Crippen LogP contribution in [0.5, 0.6) is 0 Å². The average Bonchev–Trinajstić information content (AvgIpc) is 3.04. The second kappa shape index (κ2) is 33.0. The van der Waals surface area contributed by atoms with Crippen LogP contribution in [0.3, 0.4) is 0 Å². The molecule has 2 rings (SSSR count). The van der Waals surface area contributed by atoms with Gasteiger partial charge in [-0.05, 0) is 105 Å². The van der Waals surface area contributed by atoms with Gasteiger partial charge in [-0.15, -0.1) is 11.6 Å². The van der Waals surface area contributed by atoms with Crippen LogP contribution in [0.4, 0.5) is 0 Å². The van der Waals surface area contributed by atoms with E-state index in [0.717, 1.165) is 82.1 Å². The molecule has 2 saturated heterocycles. The number of guanidine groups is 1. The van der Waals surface area contributed by atoms with E-state index in [2.05, 4.69) is 38.4 Å². The number of rotatable bonds is 12. The van der Waals surface area contributed by atoms with Gasteiger partial charge in [0.15, 0.2) is 11.9 Å². The van der Waals surface area contributed by atoms with E-state index in [1.54, 1.807) is 14.2 Å². The van der Waals surface area contributed by atoms with Crippen molar-refractivity contribution >= 4 is 41.8 Å². The number of aliphatic imine (C=N–C) groups is 2. The Bertz CT molecular complexity index is 795. The highest BCUT2D eigenvalue weighted by Gasteiger charge is 2.20. The average molecular weight is 712 g/mol. The summed E-state index contributed by atoms with van der Waals surface area (Å²) in [5.74, 6) is 2.46. The molecule has 2 aliphatic heterocycles. The number of likely N-dealkylation sites (tertiary alicyclic amines) is 1. The zero-order valence-electron chi connectivity index (χ0n) is 31.5. The number of methoxy groups -OCH3 is 1. The van der Waals surface area contributed by atoms with Gasteiger partial charge >= 0.3 is 0 Å². The van der Waals surface area contributed by atoms with E-state index in [4.69, 9.17) is 53.9 Å². The van der Waals surface area contributed by atoms with Crippen LogP contribution < -0.4 is 17.2 Å². The minimum Gasteiger partial charge on any atom is -0.479 e. The molecule has 2 aliphatic rings. The summed E-state index contributed by atoms with van der Waals surface area (Å²) >= 11 is 11.4. The van der Waals surface area contributed by atoms with E-state index in [0.29, 0.717) is 17.3 Å². The van der Waals surface area contributed by atoms with Gasteiger partial charge < -0.3 is 41.3 Å². The number of piperazine rings is 1. The van der Waals surface area contributed by atoms with Crippen LogP contribution in [0.25, 0.3) is 0 Å². The number of hydrogen-bond acceptors (Lipinski definition) is 9. The fraction of sp³-hybridized carbons (Fsp3) is 0.853. The fourth-order valence-corrected chi connectivity index (χ4v) is 5.25. The zero-order valence-corrected chi connectivity index (χ0v) is 33.0. The molecule has 0 aromatic carbocycles. The van der Waals surface area contributed by atoms with Crippen molar-refractivity contribution in [3.8, 4) is 0 Å². The first kappa shape index (κ1) is 49.9. The Morgan fingerprint density at radius 3 is 1.91 bits per heavy atom. The zero-order chi connectivity index (χ0) is 36.8. The second-order valence-corrected chi connectivity index (χ2v) is 13.5. The lowest BCUT2D eigenvalue weighted by Gasteiger charge is -2.34. The normalized spacial score (nSPS) is 18.0. The largest absolute Gasteiger partial charge is 0.479 e. The summed E-state index contributed by atoms with van der Waals surface area (Å²) < 4.78 is 10.8. The molecular weight excluding hydrogens is 639 g/mol. The number of halogens is 2. The number of piperidine rings is 1. The third kappa shape index (κ3) is 29.2. The van der Waals surface area contributed by atoms with Crippen molar-refractivity contribution in [2.45, 2.75) is 91.7 Å². The number of nitrogens with two attached hydrogens (primary N) is 3. The first-order valence-electron chi connectivity index (χ1n) is 17.0. The van der Waals surface area contributed by atoms with Gasteiger partial charge in [-0.25, -0.2) is 0 Å². The quantitative estimate of drug-likeness (QED) is 0.150. The molecule has 2 heterocycles. The van der Waals surface area contributed by atoms with E-state index >= 15 is 0 Å². The molecule has 0 spiro atoms. The van der Waals surface area contributed by atoms with Gasteiger partial charge in [0.1, 0.15) is 6.79 Å². The molecule has 2 atom stereocenters. The van der Waals surface area contributed by atoms with Crippen molar-refractivity contribution in [2.24, 2.45) is 39.0 Å². The maximum atomic E-state index is 8.00. The Morgan fingerprint density at radius 2 is 1.49 bits per heavy atom. The summed E-state index contributed by atoms with van der Waals surface area (Å²) in [5, 5.41) is 1.14. The van der Waals surface area contributed by atoms with Gasteiger partial charge in [-0.2, -0.15) is 0 Å². The Morgan fingerprint density at radius 1 is 0.979 bits per heavy atom. The maximum Gasteiger partial charge on any atom is 0.191 e. The lowest BCUT2D eigenvalue weighted by atomic mass is 9.95. The molecule has 0 saturated carbocycles. The van der Waals surface area contributed by atoms with E-state index in [9.17, 15) is 0 Å². The van der Waals surface area contributed by atoms with Crippen LogP contribution in [0.2, 0.25) is 0 Å². The van der Waals surface area contributed by atoms with Crippen LogP contribution in [0.15, 0.2) is 21.1 Å². The standard InChI is InChI=1S/C20H38ClN3O.C9H20N4O.C3H7Cl.CH5N.CH2O/c1-15(2)25-18(5)23-20(16(3)13-17(4)21)7-6-10-24-11-8-19(14-22)9-12-24;1-11-9(10)13-5-3-12(4-6-13)7-8-14-2;1-3(2)4;2*1-2/h13,15-16,19-20H,6-12,14,22H2,1-5H3;3-8H2,1-2H3,(H2,10,11);3H,1-2H3;2H2,1H3;1H2/b17-13+,23-18?;;;;. The molecule has 11 nitrogen and oxygen atoms in total. The Kier molecular flexibility index (Phi) is 35.1. The third-order valence-electron chi connectivity index (χ3n) is 7.41. The highest BCUT2D eigenvalue weighted by Crippen LogP contribution is 2.21. The number of carbonyl (C=O) groups is 1. The molecule has 2 unspecified atom stereocenters. The summed E-state index contributed by atoms with van der Waals surface area (Å²) in [5.41, 5.74) is 16.0. The van der Waals surface area contributed by atoms with Crippen LogP contribution in [-0.2, 0) is 14.3 Å². The molecular formula is C34H72Cl2N8O3. The van der Waals surface area contributed by atoms with E-state index in [1.807, 2.05) is 48.3 Å². The molecule has 280 valence electrons. The smallest absolute Gasteiger partial charge is 0.191 e. The predicted octanol–water partition coefficient (Wildman–Crippen LogP) is 4.65. The Labute approximate surface area is 298 Å². The molecule has 0 amide bonds. The third-order valence-corrected chi connectivity index (χ3v) is 7.53. The number of carbonyl (C=O) groups excluding carboxylic acids is 1. The van der Waals surface area contributed by atoms with Gasteiger partial charge in [-0.3, -0.25) is 14.9 Å². The molecule has 47 heavy (non-hydrogen) atoms. The lowest BCUT2D eigenvalue weighted by Crippen LogP contribution is -2.51. The van der Waals surface area contributed by atoms with Gasteiger partial charge in [0.05, 0.1) is 18.8 Å². The predicted molar refractivity (Wildman–Crippen MR) is 205 cm³/mol. The topological polar surface area (TPSA) is 148 Å². The highest BCUT2D eigenvalue weighted by atomic mass is 35.5. The van der Waals surface area contributed by atoms with Crippen molar-refractivity contribution in [1.29, 1.82) is 0 Å². The first-order valence-corrected chi connectivity index (χ1v) is 17.8. The van der Waals surface area contributed by atoms with E-state index in [-0.39, 0.29) is 12.1 Å². The fourth-order valence-electron chi connectivity index (χ4n) is 5.06. The minimum absolute atomic E-state index is 0.161. The molecule has 0 aromatic rings. The molecule has 6 N–H and O–H groups in total. The van der Waals surface area contributed by atoms with Crippen molar-refractivity contribution in [3.63, 3.8) is 0 Å². The van der Waals surface area contributed by atoms with Crippen molar-refractivity contribution in [3.05, 3.63) is 11.1 Å². The molecule has 0 radical (unpaired) electrons. The first-order chi connectivity index (χ1) is 22.3. The van der Waals surface area contributed by atoms with Crippen LogP contribution >= 0.6 is 23.2 Å². The van der Waals surface area contributed by atoms with Crippen LogP contribution in [-0.4, -0.2) is 138 Å². The van der Waals surface area contributed by atoms with Crippen molar-refractivity contribution in [1.82, 2.24) is 14.7 Å². The van der Waals surface area contributed by atoms with Gasteiger partial charge in [0.25, 0.3) is 0 Å². The highest BCUT2D eigenvalue weighted by molar-refractivity contribution is 6.29. The summed E-state index contributed by atoms with van der Waals surface area (Å²) in [7, 11) is 4.96. The van der Waals surface area contributed by atoms with Gasteiger partial charge in [-0.1, -0.05) is 24.6 Å². The number of ether oxygens (including phenoxy) is 2. The van der Waals surface area contributed by atoms with E-state index < -0.39 is 0 Å². The maximum absolute atomic E-state index is 8.00. The van der Waals surface area contributed by atoms with Gasteiger partial charge in [0.2, 0.25) is 0 Å². The summed E-state index contributed by atoms with van der Waals surface area (Å²) in [6, 6.07) is 0.217. The molecule has 2 fully saturated rings. The molecule has 0 aliphatic carbocycles. The molecule has 13 heteroatoms. The van der Waals surface area contributed by atoms with Crippen LogP contribution in [0, 0.1) is 11.8 Å². The lowest BCUT2D eigenvalue weighted by molar-refractivity contribution is -0.0980. The number of allylic oxidation sites excluding steroid dienone is 1. The van der Waals surface area contributed by atoms with Crippen molar-refractivity contribution < 1.29 is 14.3 Å². The SMILES string of the molecule is C=O.CC(=NC(CCCN1CCC(CN)CC1)C(C)/C=C(\C)Cl)OC(C)C.CC(C)Cl.CN.CN=C(N)N1CCN(CCOC)CC1. The van der Waals surface area contributed by atoms with E-state index in [1.165, 1.54) is 33.0 Å². The Hall–Kier alpha value is -1.47. The monoisotopic (exact) mass is 711 g/mol.